The molecule has 1 aromatic carbocycles. The molecule has 102 valence electrons. The fourth-order valence-corrected chi connectivity index (χ4v) is 2.37. The Hall–Kier alpha value is -1.88. The molecule has 0 bridgehead atoms. The molecule has 1 aliphatic rings. The Kier molecular flexibility index (Phi) is 3.57. The first-order chi connectivity index (χ1) is 8.95. The number of aliphatic hydroxyl groups excluding tert-OH is 1. The molecule has 0 aliphatic carbocycles. The van der Waals surface area contributed by atoms with Crippen molar-refractivity contribution in [1.29, 1.82) is 0 Å². The molecule has 1 aromatic rings. The lowest BCUT2D eigenvalue weighted by Gasteiger charge is -2.26. The molecule has 19 heavy (non-hydrogen) atoms. The van der Waals surface area contributed by atoms with E-state index in [-0.39, 0.29) is 24.5 Å². The maximum atomic E-state index is 11.6. The molecule has 1 atom stereocenters. The van der Waals surface area contributed by atoms with Gasteiger partial charge in [0.05, 0.1) is 19.1 Å². The minimum atomic E-state index is -0.371. The lowest BCUT2D eigenvalue weighted by atomic mass is 10.0. The number of likely N-dealkylation sites (N-methyl/N-ethyl adjacent to an activating group) is 2. The zero-order valence-corrected chi connectivity index (χ0v) is 11.4. The smallest absolute Gasteiger partial charge is 0.231 e. The summed E-state index contributed by atoms with van der Waals surface area (Å²) in [6.07, 6.45) is 0.377. The number of hydrogen-bond donors (Lipinski definition) is 1. The maximum Gasteiger partial charge on any atom is 0.231 e. The first-order valence-corrected chi connectivity index (χ1v) is 6.19. The summed E-state index contributed by atoms with van der Waals surface area (Å²) in [5.74, 6) is -0.0413. The van der Waals surface area contributed by atoms with Gasteiger partial charge in [-0.15, -0.1) is 0 Å². The quantitative estimate of drug-likeness (QED) is 0.873. The van der Waals surface area contributed by atoms with E-state index in [2.05, 4.69) is 0 Å². The standard InChI is InChI=1S/C14H18N2O3/c1-9(18)15(2)13(8-17)10-4-5-12-11(6-10)7-14(19)16(12)3/h4-6,13,17H,7-8H2,1-3H3. The number of rotatable bonds is 3. The minimum Gasteiger partial charge on any atom is -0.394 e. The first-order valence-electron chi connectivity index (χ1n) is 6.19. The summed E-state index contributed by atoms with van der Waals surface area (Å²) in [6.45, 7) is 1.33. The van der Waals surface area contributed by atoms with Gasteiger partial charge < -0.3 is 14.9 Å². The number of carbonyl (C=O) groups is 2. The summed E-state index contributed by atoms with van der Waals surface area (Å²) in [5, 5.41) is 9.48. The molecule has 2 rings (SSSR count). The van der Waals surface area contributed by atoms with Crippen molar-refractivity contribution in [2.45, 2.75) is 19.4 Å². The molecule has 1 unspecified atom stereocenters. The SMILES string of the molecule is CC(=O)N(C)C(CO)c1ccc2c(c1)CC(=O)N2C. The van der Waals surface area contributed by atoms with Gasteiger partial charge in [0.1, 0.15) is 0 Å². The van der Waals surface area contributed by atoms with Gasteiger partial charge in [-0.25, -0.2) is 0 Å². The lowest BCUT2D eigenvalue weighted by molar-refractivity contribution is -0.130. The minimum absolute atomic E-state index is 0.0626. The molecule has 0 saturated heterocycles. The normalized spacial score (nSPS) is 15.4. The number of benzene rings is 1. The molecule has 0 fully saturated rings. The van der Waals surface area contributed by atoms with Gasteiger partial charge in [-0.1, -0.05) is 12.1 Å². The Bertz CT molecular complexity index is 527. The largest absolute Gasteiger partial charge is 0.394 e. The van der Waals surface area contributed by atoms with Crippen LogP contribution in [0.1, 0.15) is 24.1 Å². The summed E-state index contributed by atoms with van der Waals surface area (Å²) >= 11 is 0. The van der Waals surface area contributed by atoms with Crippen LogP contribution < -0.4 is 4.90 Å². The second-order valence-corrected chi connectivity index (χ2v) is 4.85. The Morgan fingerprint density at radius 1 is 1.53 bits per heavy atom. The summed E-state index contributed by atoms with van der Waals surface area (Å²) in [5.41, 5.74) is 2.69. The van der Waals surface area contributed by atoms with Crippen LogP contribution in [-0.2, 0) is 16.0 Å². The van der Waals surface area contributed by atoms with Gasteiger partial charge in [-0.3, -0.25) is 9.59 Å². The van der Waals surface area contributed by atoms with Gasteiger partial charge >= 0.3 is 0 Å². The number of fused-ring (bicyclic) bond motifs is 1. The van der Waals surface area contributed by atoms with E-state index in [0.717, 1.165) is 16.8 Å². The topological polar surface area (TPSA) is 60.9 Å². The van der Waals surface area contributed by atoms with E-state index in [1.165, 1.54) is 11.8 Å². The Morgan fingerprint density at radius 2 is 2.21 bits per heavy atom. The third-order valence-corrected chi connectivity index (χ3v) is 3.70. The second kappa shape index (κ2) is 5.01. The molecular weight excluding hydrogens is 244 g/mol. The summed E-state index contributed by atoms with van der Waals surface area (Å²) in [7, 11) is 3.41. The van der Waals surface area contributed by atoms with E-state index in [4.69, 9.17) is 0 Å². The van der Waals surface area contributed by atoms with Crippen LogP contribution in [0.15, 0.2) is 18.2 Å². The first kappa shape index (κ1) is 13.5. The van der Waals surface area contributed by atoms with E-state index >= 15 is 0 Å². The lowest BCUT2D eigenvalue weighted by Crippen LogP contribution is -2.31. The third-order valence-electron chi connectivity index (χ3n) is 3.70. The number of aliphatic hydroxyl groups is 1. The fourth-order valence-electron chi connectivity index (χ4n) is 2.37. The van der Waals surface area contributed by atoms with Crippen LogP contribution in [0.3, 0.4) is 0 Å². The molecule has 1 aliphatic heterocycles. The van der Waals surface area contributed by atoms with Crippen LogP contribution in [0.25, 0.3) is 0 Å². The molecule has 5 heteroatoms. The van der Waals surface area contributed by atoms with Crippen molar-refractivity contribution in [2.24, 2.45) is 0 Å². The van der Waals surface area contributed by atoms with Gasteiger partial charge in [0, 0.05) is 26.7 Å². The number of hydrogen-bond acceptors (Lipinski definition) is 3. The van der Waals surface area contributed by atoms with Crippen LogP contribution in [0.4, 0.5) is 5.69 Å². The molecular formula is C14H18N2O3. The van der Waals surface area contributed by atoms with Crippen LogP contribution in [-0.4, -0.2) is 42.5 Å². The van der Waals surface area contributed by atoms with Crippen molar-refractivity contribution in [3.63, 3.8) is 0 Å². The highest BCUT2D eigenvalue weighted by atomic mass is 16.3. The highest BCUT2D eigenvalue weighted by Crippen LogP contribution is 2.31. The predicted octanol–water partition coefficient (Wildman–Crippen LogP) is 0.717. The Balaban J connectivity index is 2.35. The predicted molar refractivity (Wildman–Crippen MR) is 71.8 cm³/mol. The molecule has 0 spiro atoms. The number of anilines is 1. The number of nitrogens with zero attached hydrogens (tertiary/aromatic N) is 2. The number of amides is 2. The van der Waals surface area contributed by atoms with Crippen molar-refractivity contribution in [3.8, 4) is 0 Å². The van der Waals surface area contributed by atoms with E-state index < -0.39 is 0 Å². The average Bonchev–Trinajstić information content (AvgIpc) is 2.65. The summed E-state index contributed by atoms with van der Waals surface area (Å²) in [6, 6.07) is 5.25. The highest BCUT2D eigenvalue weighted by Gasteiger charge is 2.26. The zero-order chi connectivity index (χ0) is 14.2. The van der Waals surface area contributed by atoms with Gasteiger partial charge in [-0.05, 0) is 17.2 Å². The van der Waals surface area contributed by atoms with E-state index in [0.29, 0.717) is 6.42 Å². The zero-order valence-electron chi connectivity index (χ0n) is 11.4. The molecule has 1 N–H and O–H groups in total. The van der Waals surface area contributed by atoms with Crippen LogP contribution in [0.2, 0.25) is 0 Å². The van der Waals surface area contributed by atoms with Crippen molar-refractivity contribution < 1.29 is 14.7 Å². The van der Waals surface area contributed by atoms with Crippen LogP contribution in [0.5, 0.6) is 0 Å². The molecule has 0 radical (unpaired) electrons. The monoisotopic (exact) mass is 262 g/mol. The van der Waals surface area contributed by atoms with Crippen LogP contribution >= 0.6 is 0 Å². The van der Waals surface area contributed by atoms with Gasteiger partial charge in [0.2, 0.25) is 11.8 Å². The molecule has 0 saturated carbocycles. The van der Waals surface area contributed by atoms with Gasteiger partial charge in [0.15, 0.2) is 0 Å². The summed E-state index contributed by atoms with van der Waals surface area (Å²) < 4.78 is 0. The van der Waals surface area contributed by atoms with E-state index in [1.54, 1.807) is 19.0 Å². The van der Waals surface area contributed by atoms with Gasteiger partial charge in [-0.2, -0.15) is 0 Å². The highest BCUT2D eigenvalue weighted by molar-refractivity contribution is 6.00. The molecule has 0 aromatic heterocycles. The van der Waals surface area contributed by atoms with Gasteiger partial charge in [0.25, 0.3) is 0 Å². The number of carbonyl (C=O) groups excluding carboxylic acids is 2. The van der Waals surface area contributed by atoms with Crippen molar-refractivity contribution >= 4 is 17.5 Å². The second-order valence-electron chi connectivity index (χ2n) is 4.85. The Morgan fingerprint density at radius 3 is 2.79 bits per heavy atom. The van der Waals surface area contributed by atoms with Crippen molar-refractivity contribution in [1.82, 2.24) is 4.90 Å². The van der Waals surface area contributed by atoms with Crippen molar-refractivity contribution in [2.75, 3.05) is 25.6 Å². The maximum absolute atomic E-state index is 11.6. The van der Waals surface area contributed by atoms with E-state index in [1.807, 2.05) is 18.2 Å². The van der Waals surface area contributed by atoms with Crippen LogP contribution in [0, 0.1) is 0 Å². The Labute approximate surface area is 112 Å². The average molecular weight is 262 g/mol. The molecule has 5 nitrogen and oxygen atoms in total. The molecule has 2 amide bonds. The molecule has 1 heterocycles. The third kappa shape index (κ3) is 2.33. The summed E-state index contributed by atoms with van der Waals surface area (Å²) in [4.78, 5) is 26.2. The van der Waals surface area contributed by atoms with E-state index in [9.17, 15) is 14.7 Å². The fraction of sp³-hybridized carbons (Fsp3) is 0.429. The van der Waals surface area contributed by atoms with Crippen molar-refractivity contribution in [3.05, 3.63) is 29.3 Å².